The molecular weight excluding hydrogens is 326 g/mol. The number of phenols is 1. The van der Waals surface area contributed by atoms with Crippen molar-refractivity contribution >= 4 is 33.5 Å². The minimum Gasteiger partial charge on any atom is -0.508 e. The molecule has 5 nitrogen and oxygen atoms in total. The Bertz CT molecular complexity index is 685. The Hall–Kier alpha value is -2.34. The number of carbonyl (C=O) groups is 2. The summed E-state index contributed by atoms with van der Waals surface area (Å²) in [5.41, 5.74) is 0.387. The largest absolute Gasteiger partial charge is 0.508 e. The number of rotatable bonds is 3. The van der Waals surface area contributed by atoms with Crippen molar-refractivity contribution < 1.29 is 19.8 Å². The number of amides is 1. The van der Waals surface area contributed by atoms with Gasteiger partial charge in [-0.05, 0) is 46.3 Å². The fraction of sp³-hybridized carbons (Fsp3) is 0. The van der Waals surface area contributed by atoms with E-state index in [-0.39, 0.29) is 22.6 Å². The van der Waals surface area contributed by atoms with Gasteiger partial charge in [0, 0.05) is 10.0 Å². The Morgan fingerprint density at radius 3 is 2.45 bits per heavy atom. The maximum atomic E-state index is 12.1. The van der Waals surface area contributed by atoms with Gasteiger partial charge in [-0.15, -0.1) is 0 Å². The first-order chi connectivity index (χ1) is 9.49. The summed E-state index contributed by atoms with van der Waals surface area (Å²) in [5.74, 6) is -1.68. The van der Waals surface area contributed by atoms with Crippen molar-refractivity contribution in [1.29, 1.82) is 0 Å². The fourth-order valence-corrected chi connectivity index (χ4v) is 2.13. The quantitative estimate of drug-likeness (QED) is 0.804. The number of benzene rings is 2. The molecule has 0 saturated carbocycles. The smallest absolute Gasteiger partial charge is 0.337 e. The molecule has 2 aromatic rings. The molecule has 0 bridgehead atoms. The van der Waals surface area contributed by atoms with Crippen molar-refractivity contribution in [3.63, 3.8) is 0 Å². The summed E-state index contributed by atoms with van der Waals surface area (Å²) >= 11 is 3.20. The molecule has 102 valence electrons. The third-order valence-electron chi connectivity index (χ3n) is 2.59. The second kappa shape index (κ2) is 5.75. The number of hydrogen-bond donors (Lipinski definition) is 3. The highest BCUT2D eigenvalue weighted by Gasteiger charge is 2.16. The van der Waals surface area contributed by atoms with Crippen LogP contribution in [0.5, 0.6) is 5.75 Å². The van der Waals surface area contributed by atoms with Crippen molar-refractivity contribution in [3.8, 4) is 5.75 Å². The van der Waals surface area contributed by atoms with Gasteiger partial charge in [0.15, 0.2) is 0 Å². The molecule has 0 saturated heterocycles. The number of carbonyl (C=O) groups excluding carboxylic acids is 1. The van der Waals surface area contributed by atoms with Crippen molar-refractivity contribution in [3.05, 3.63) is 58.1 Å². The van der Waals surface area contributed by atoms with Gasteiger partial charge in [-0.2, -0.15) is 0 Å². The van der Waals surface area contributed by atoms with Crippen LogP contribution in [-0.4, -0.2) is 22.1 Å². The SMILES string of the molecule is O=C(Nc1c(Br)cccc1C(=O)O)c1cccc(O)c1. The Labute approximate surface area is 123 Å². The standard InChI is InChI=1S/C14H10BrNO4/c15-11-6-2-5-10(14(19)20)12(11)16-13(18)8-3-1-4-9(17)7-8/h1-7,17H,(H,16,18)(H,19,20). The van der Waals surface area contributed by atoms with E-state index in [1.54, 1.807) is 12.1 Å². The second-order valence-corrected chi connectivity index (χ2v) is 4.83. The molecule has 6 heteroatoms. The number of nitrogens with one attached hydrogen (secondary N) is 1. The van der Waals surface area contributed by atoms with Crippen molar-refractivity contribution in [1.82, 2.24) is 0 Å². The summed E-state index contributed by atoms with van der Waals surface area (Å²) in [7, 11) is 0. The van der Waals surface area contributed by atoms with Crippen LogP contribution in [0.25, 0.3) is 0 Å². The summed E-state index contributed by atoms with van der Waals surface area (Å²) in [6.07, 6.45) is 0. The third kappa shape index (κ3) is 2.97. The predicted molar refractivity (Wildman–Crippen MR) is 77.2 cm³/mol. The third-order valence-corrected chi connectivity index (χ3v) is 3.25. The van der Waals surface area contributed by atoms with Gasteiger partial charge < -0.3 is 15.5 Å². The first-order valence-corrected chi connectivity index (χ1v) is 6.40. The molecule has 0 aliphatic rings. The van der Waals surface area contributed by atoms with Crippen molar-refractivity contribution in [2.24, 2.45) is 0 Å². The monoisotopic (exact) mass is 335 g/mol. The van der Waals surface area contributed by atoms with Crippen LogP contribution >= 0.6 is 15.9 Å². The lowest BCUT2D eigenvalue weighted by molar-refractivity contribution is 0.0698. The van der Waals surface area contributed by atoms with Crippen molar-refractivity contribution in [2.45, 2.75) is 0 Å². The molecule has 0 fully saturated rings. The lowest BCUT2D eigenvalue weighted by Crippen LogP contribution is -2.15. The Morgan fingerprint density at radius 2 is 1.80 bits per heavy atom. The van der Waals surface area contributed by atoms with E-state index >= 15 is 0 Å². The van der Waals surface area contributed by atoms with Crippen molar-refractivity contribution in [2.75, 3.05) is 5.32 Å². The number of carboxylic acid groups (broad SMARTS) is 1. The van der Waals surface area contributed by atoms with E-state index in [1.807, 2.05) is 0 Å². The number of hydrogen-bond acceptors (Lipinski definition) is 3. The molecule has 2 aromatic carbocycles. The molecule has 0 aromatic heterocycles. The molecular formula is C14H10BrNO4. The van der Waals surface area contributed by atoms with Gasteiger partial charge in [0.2, 0.25) is 0 Å². The Morgan fingerprint density at radius 1 is 1.10 bits per heavy atom. The van der Waals surface area contributed by atoms with Crippen LogP contribution in [0.2, 0.25) is 0 Å². The number of para-hydroxylation sites is 1. The average molecular weight is 336 g/mol. The molecule has 0 radical (unpaired) electrons. The maximum Gasteiger partial charge on any atom is 0.337 e. The van der Waals surface area contributed by atoms with Crippen LogP contribution in [0.1, 0.15) is 20.7 Å². The molecule has 1 amide bonds. The van der Waals surface area contributed by atoms with Crippen LogP contribution in [0, 0.1) is 0 Å². The van der Waals surface area contributed by atoms with Gasteiger partial charge in [0.25, 0.3) is 5.91 Å². The number of carboxylic acids is 1. The first kappa shape index (κ1) is 14.1. The van der Waals surface area contributed by atoms with E-state index in [2.05, 4.69) is 21.2 Å². The van der Waals surface area contributed by atoms with E-state index in [4.69, 9.17) is 5.11 Å². The number of aromatic hydroxyl groups is 1. The number of halogens is 1. The molecule has 0 aliphatic carbocycles. The van der Waals surface area contributed by atoms with Crippen LogP contribution < -0.4 is 5.32 Å². The Balaban J connectivity index is 2.35. The molecule has 0 spiro atoms. The molecule has 0 heterocycles. The summed E-state index contributed by atoms with van der Waals surface area (Å²) in [6, 6.07) is 10.4. The predicted octanol–water partition coefficient (Wildman–Crippen LogP) is 3.11. The minimum atomic E-state index is -1.14. The zero-order valence-electron chi connectivity index (χ0n) is 10.1. The van der Waals surface area contributed by atoms with Gasteiger partial charge in [0.05, 0.1) is 11.3 Å². The zero-order valence-corrected chi connectivity index (χ0v) is 11.7. The van der Waals surface area contributed by atoms with E-state index in [9.17, 15) is 14.7 Å². The van der Waals surface area contributed by atoms with E-state index in [0.717, 1.165) is 0 Å². The number of phenolic OH excluding ortho intramolecular Hbond substituents is 1. The second-order valence-electron chi connectivity index (χ2n) is 3.97. The normalized spacial score (nSPS) is 10.1. The summed E-state index contributed by atoms with van der Waals surface area (Å²) in [6.45, 7) is 0. The summed E-state index contributed by atoms with van der Waals surface area (Å²) < 4.78 is 0.464. The molecule has 2 rings (SSSR count). The van der Waals surface area contributed by atoms with Gasteiger partial charge >= 0.3 is 5.97 Å². The average Bonchev–Trinajstić information content (AvgIpc) is 2.40. The number of aromatic carboxylic acids is 1. The lowest BCUT2D eigenvalue weighted by atomic mass is 10.1. The van der Waals surface area contributed by atoms with Crippen LogP contribution in [0.15, 0.2) is 46.9 Å². The topological polar surface area (TPSA) is 86.6 Å². The zero-order chi connectivity index (χ0) is 14.7. The molecule has 3 N–H and O–H groups in total. The van der Waals surface area contributed by atoms with Crippen LogP contribution in [-0.2, 0) is 0 Å². The molecule has 0 aliphatic heterocycles. The van der Waals surface area contributed by atoms with Crippen LogP contribution in [0.3, 0.4) is 0 Å². The van der Waals surface area contributed by atoms with Gasteiger partial charge in [-0.3, -0.25) is 4.79 Å². The maximum absolute atomic E-state index is 12.1. The highest BCUT2D eigenvalue weighted by atomic mass is 79.9. The van der Waals surface area contributed by atoms with Crippen LogP contribution in [0.4, 0.5) is 5.69 Å². The molecule has 20 heavy (non-hydrogen) atoms. The van der Waals surface area contributed by atoms with Gasteiger partial charge in [-0.25, -0.2) is 4.79 Å². The highest BCUT2D eigenvalue weighted by molar-refractivity contribution is 9.10. The van der Waals surface area contributed by atoms with E-state index in [1.165, 1.54) is 30.3 Å². The lowest BCUT2D eigenvalue weighted by Gasteiger charge is -2.10. The van der Waals surface area contributed by atoms with E-state index < -0.39 is 11.9 Å². The summed E-state index contributed by atoms with van der Waals surface area (Å²) in [4.78, 5) is 23.2. The minimum absolute atomic E-state index is 0.0205. The Kier molecular flexibility index (Phi) is 4.05. The first-order valence-electron chi connectivity index (χ1n) is 5.61. The fourth-order valence-electron chi connectivity index (χ4n) is 1.66. The molecule has 0 unspecified atom stereocenters. The molecule has 0 atom stereocenters. The van der Waals surface area contributed by atoms with Gasteiger partial charge in [-0.1, -0.05) is 12.1 Å². The highest BCUT2D eigenvalue weighted by Crippen LogP contribution is 2.27. The number of anilines is 1. The summed E-state index contributed by atoms with van der Waals surface area (Å²) in [5, 5.41) is 21.0. The van der Waals surface area contributed by atoms with E-state index in [0.29, 0.717) is 4.47 Å². The van der Waals surface area contributed by atoms with Gasteiger partial charge in [0.1, 0.15) is 5.75 Å².